The molecule has 0 aliphatic carbocycles. The van der Waals surface area contributed by atoms with Crippen LogP contribution in [0.2, 0.25) is 0 Å². The Balaban J connectivity index is 2.64. The van der Waals surface area contributed by atoms with Gasteiger partial charge in [0, 0.05) is 13.1 Å². The van der Waals surface area contributed by atoms with Crippen molar-refractivity contribution in [2.24, 2.45) is 7.05 Å². The van der Waals surface area contributed by atoms with Crippen molar-refractivity contribution in [2.75, 3.05) is 6.61 Å². The summed E-state index contributed by atoms with van der Waals surface area (Å²) in [7, 11) is 1.80. The number of rotatable bonds is 4. The Bertz CT molecular complexity index is 245. The molecule has 68 valence electrons. The third-order valence-electron chi connectivity index (χ3n) is 1.50. The summed E-state index contributed by atoms with van der Waals surface area (Å²) in [4.78, 5) is 0. The first-order valence-electron chi connectivity index (χ1n) is 4.04. The summed E-state index contributed by atoms with van der Waals surface area (Å²) in [6, 6.07) is 1.75. The quantitative estimate of drug-likeness (QED) is 0.723. The summed E-state index contributed by atoms with van der Waals surface area (Å²) in [5.74, 6) is 0.709. The molecule has 1 aromatic heterocycles. The monoisotopic (exact) mass is 170 g/mol. The number of aryl methyl sites for hydroxylation is 1. The fourth-order valence-corrected chi connectivity index (χ4v) is 0.926. The molecule has 1 heterocycles. The maximum Gasteiger partial charge on any atom is 0.211 e. The van der Waals surface area contributed by atoms with E-state index in [4.69, 9.17) is 9.84 Å². The lowest BCUT2D eigenvalue weighted by atomic mass is 10.4. The van der Waals surface area contributed by atoms with Crippen LogP contribution in [0.25, 0.3) is 0 Å². The van der Waals surface area contributed by atoms with Gasteiger partial charge < -0.3 is 9.84 Å². The van der Waals surface area contributed by atoms with Crippen LogP contribution in [0.15, 0.2) is 6.07 Å². The molecule has 1 rings (SSSR count). The number of nitrogens with zero attached hydrogens (tertiary/aromatic N) is 2. The van der Waals surface area contributed by atoms with Gasteiger partial charge in [-0.1, -0.05) is 6.92 Å². The zero-order valence-corrected chi connectivity index (χ0v) is 7.45. The van der Waals surface area contributed by atoms with E-state index in [2.05, 4.69) is 5.10 Å². The average Bonchev–Trinajstić information content (AvgIpc) is 2.43. The van der Waals surface area contributed by atoms with Crippen molar-refractivity contribution >= 4 is 0 Å². The Morgan fingerprint density at radius 3 is 2.92 bits per heavy atom. The minimum absolute atomic E-state index is 0.0384. The van der Waals surface area contributed by atoms with Gasteiger partial charge in [-0.2, -0.15) is 5.10 Å². The van der Waals surface area contributed by atoms with E-state index in [-0.39, 0.29) is 6.61 Å². The Labute approximate surface area is 71.8 Å². The van der Waals surface area contributed by atoms with Crippen LogP contribution in [-0.2, 0) is 13.7 Å². The molecule has 0 aromatic carbocycles. The van der Waals surface area contributed by atoms with Crippen LogP contribution in [0.1, 0.15) is 19.0 Å². The van der Waals surface area contributed by atoms with E-state index in [0.717, 1.165) is 6.42 Å². The van der Waals surface area contributed by atoms with Gasteiger partial charge in [0.25, 0.3) is 0 Å². The van der Waals surface area contributed by atoms with E-state index < -0.39 is 0 Å². The molecule has 0 radical (unpaired) electrons. The Hall–Kier alpha value is -1.03. The molecule has 12 heavy (non-hydrogen) atoms. The fourth-order valence-electron chi connectivity index (χ4n) is 0.926. The summed E-state index contributed by atoms with van der Waals surface area (Å²) in [5.41, 5.74) is 0.642. The molecule has 0 spiro atoms. The van der Waals surface area contributed by atoms with Crippen LogP contribution in [0, 0.1) is 0 Å². The summed E-state index contributed by atoms with van der Waals surface area (Å²) >= 11 is 0. The highest BCUT2D eigenvalue weighted by atomic mass is 16.5. The molecule has 1 aromatic rings. The van der Waals surface area contributed by atoms with Crippen LogP contribution in [0.4, 0.5) is 0 Å². The maximum absolute atomic E-state index is 8.77. The molecule has 4 nitrogen and oxygen atoms in total. The minimum Gasteiger partial charge on any atom is -0.478 e. The normalized spacial score (nSPS) is 10.2. The van der Waals surface area contributed by atoms with E-state index in [1.54, 1.807) is 17.8 Å². The number of aromatic nitrogens is 2. The van der Waals surface area contributed by atoms with Crippen molar-refractivity contribution in [2.45, 2.75) is 20.0 Å². The molecule has 0 aliphatic heterocycles. The van der Waals surface area contributed by atoms with Gasteiger partial charge in [0.05, 0.1) is 18.9 Å². The van der Waals surface area contributed by atoms with E-state index in [1.165, 1.54) is 0 Å². The van der Waals surface area contributed by atoms with E-state index in [1.807, 2.05) is 6.92 Å². The molecule has 4 heteroatoms. The third-order valence-corrected chi connectivity index (χ3v) is 1.50. The Kier molecular flexibility index (Phi) is 3.10. The second-order valence-corrected chi connectivity index (χ2v) is 2.60. The van der Waals surface area contributed by atoms with Crippen molar-refractivity contribution < 1.29 is 9.84 Å². The molecule has 0 unspecified atom stereocenters. The molecule has 0 atom stereocenters. The molecule has 0 amide bonds. The molecular formula is C8H14N2O2. The van der Waals surface area contributed by atoms with Gasteiger partial charge in [-0.25, -0.2) is 4.68 Å². The zero-order valence-electron chi connectivity index (χ0n) is 7.45. The van der Waals surface area contributed by atoms with Gasteiger partial charge in [-0.15, -0.1) is 0 Å². The van der Waals surface area contributed by atoms with Crippen molar-refractivity contribution in [3.63, 3.8) is 0 Å². The predicted octanol–water partition coefficient (Wildman–Crippen LogP) is 0.701. The molecule has 1 N–H and O–H groups in total. The van der Waals surface area contributed by atoms with Crippen molar-refractivity contribution in [3.05, 3.63) is 11.8 Å². The zero-order chi connectivity index (χ0) is 8.97. The van der Waals surface area contributed by atoms with Crippen LogP contribution in [0.3, 0.4) is 0 Å². The third kappa shape index (κ3) is 1.98. The Morgan fingerprint density at radius 1 is 1.67 bits per heavy atom. The maximum atomic E-state index is 8.77. The van der Waals surface area contributed by atoms with Crippen LogP contribution >= 0.6 is 0 Å². The minimum atomic E-state index is -0.0384. The van der Waals surface area contributed by atoms with Gasteiger partial charge in [-0.3, -0.25) is 0 Å². The summed E-state index contributed by atoms with van der Waals surface area (Å²) in [6.45, 7) is 2.69. The number of hydrogen-bond donors (Lipinski definition) is 1. The van der Waals surface area contributed by atoms with Gasteiger partial charge >= 0.3 is 0 Å². The first-order chi connectivity index (χ1) is 5.77. The van der Waals surface area contributed by atoms with Crippen molar-refractivity contribution in [1.29, 1.82) is 0 Å². The largest absolute Gasteiger partial charge is 0.478 e. The lowest BCUT2D eigenvalue weighted by Crippen LogP contribution is -2.00. The number of hydrogen-bond acceptors (Lipinski definition) is 3. The molecule has 0 saturated carbocycles. The van der Waals surface area contributed by atoms with Gasteiger partial charge in [-0.05, 0) is 6.42 Å². The molecule has 0 fully saturated rings. The predicted molar refractivity (Wildman–Crippen MR) is 44.9 cm³/mol. The lowest BCUT2D eigenvalue weighted by Gasteiger charge is -2.02. The summed E-state index contributed by atoms with van der Waals surface area (Å²) < 4.78 is 6.98. The number of ether oxygens (including phenoxy) is 1. The number of aliphatic hydroxyl groups excluding tert-OH is 1. The second kappa shape index (κ2) is 4.11. The highest BCUT2D eigenvalue weighted by molar-refractivity contribution is 5.14. The molecule has 0 saturated heterocycles. The number of aliphatic hydroxyl groups is 1. The van der Waals surface area contributed by atoms with Crippen LogP contribution in [-0.4, -0.2) is 21.5 Å². The van der Waals surface area contributed by atoms with E-state index in [9.17, 15) is 0 Å². The Morgan fingerprint density at radius 2 is 2.42 bits per heavy atom. The summed E-state index contributed by atoms with van der Waals surface area (Å²) in [6.07, 6.45) is 0.972. The smallest absolute Gasteiger partial charge is 0.211 e. The SMILES string of the molecule is CCCOc1cc(CO)nn1C. The van der Waals surface area contributed by atoms with Crippen LogP contribution in [0.5, 0.6) is 5.88 Å². The summed E-state index contributed by atoms with van der Waals surface area (Å²) in [5, 5.41) is 12.8. The first-order valence-corrected chi connectivity index (χ1v) is 4.04. The molecule has 0 bridgehead atoms. The molecular weight excluding hydrogens is 156 g/mol. The first kappa shape index (κ1) is 9.06. The van der Waals surface area contributed by atoms with Crippen molar-refractivity contribution in [3.8, 4) is 5.88 Å². The van der Waals surface area contributed by atoms with Gasteiger partial charge in [0.2, 0.25) is 5.88 Å². The lowest BCUT2D eigenvalue weighted by molar-refractivity contribution is 0.275. The fraction of sp³-hybridized carbons (Fsp3) is 0.625. The molecule has 0 aliphatic rings. The standard InChI is InChI=1S/C8H14N2O2/c1-3-4-12-8-5-7(6-11)9-10(8)2/h5,11H,3-4,6H2,1-2H3. The van der Waals surface area contributed by atoms with Gasteiger partial charge in [0.15, 0.2) is 0 Å². The average molecular weight is 170 g/mol. The van der Waals surface area contributed by atoms with E-state index in [0.29, 0.717) is 18.2 Å². The van der Waals surface area contributed by atoms with Crippen LogP contribution < -0.4 is 4.74 Å². The van der Waals surface area contributed by atoms with Gasteiger partial charge in [0.1, 0.15) is 0 Å². The topological polar surface area (TPSA) is 47.3 Å². The highest BCUT2D eigenvalue weighted by Crippen LogP contribution is 2.11. The van der Waals surface area contributed by atoms with E-state index >= 15 is 0 Å². The van der Waals surface area contributed by atoms with Crippen molar-refractivity contribution in [1.82, 2.24) is 9.78 Å². The second-order valence-electron chi connectivity index (χ2n) is 2.60. The highest BCUT2D eigenvalue weighted by Gasteiger charge is 2.03.